The van der Waals surface area contributed by atoms with Crippen molar-refractivity contribution in [1.29, 1.82) is 0 Å². The maximum atomic E-state index is 12.5. The van der Waals surface area contributed by atoms with E-state index in [4.69, 9.17) is 0 Å². The Morgan fingerprint density at radius 1 is 0.609 bits per heavy atom. The van der Waals surface area contributed by atoms with E-state index in [1.807, 2.05) is 48.1 Å². The number of hydrogen-bond acceptors (Lipinski definition) is 3. The van der Waals surface area contributed by atoms with E-state index in [0.717, 1.165) is 0 Å². The summed E-state index contributed by atoms with van der Waals surface area (Å²) in [5.74, 6) is -0.0240. The molecule has 0 unspecified atom stereocenters. The zero-order valence-electron chi connectivity index (χ0n) is 15.8. The minimum absolute atomic E-state index is 0.00799. The monoisotopic (exact) mass is 343 g/mol. The fourth-order valence-corrected chi connectivity index (χ4v) is 7.71. The van der Waals surface area contributed by atoms with Gasteiger partial charge in [0.2, 0.25) is 17.7 Å². The molecule has 0 bridgehead atoms. The summed E-state index contributed by atoms with van der Waals surface area (Å²) in [6.45, 7) is 14.6. The van der Waals surface area contributed by atoms with Gasteiger partial charge < -0.3 is 13.7 Å². The van der Waals surface area contributed by atoms with Crippen LogP contribution in [0.3, 0.4) is 0 Å². The Morgan fingerprint density at radius 3 is 0.957 bits per heavy atom. The molecule has 0 fully saturated rings. The molecule has 0 aliphatic rings. The molecule has 0 heterocycles. The molecule has 0 N–H and O–H groups in total. The van der Waals surface area contributed by atoms with E-state index in [1.54, 1.807) is 13.7 Å². The molecule has 6 nitrogen and oxygen atoms in total. The third-order valence-corrected chi connectivity index (χ3v) is 9.06. The second-order valence-corrected chi connectivity index (χ2v) is 9.01. The molecule has 0 aromatic heterocycles. The molecule has 0 rings (SSSR count). The third-order valence-electron chi connectivity index (χ3n) is 4.29. The number of carbonyl (C=O) groups is 3. The van der Waals surface area contributed by atoms with Crippen LogP contribution >= 0.6 is 0 Å². The van der Waals surface area contributed by atoms with Crippen molar-refractivity contribution >= 4 is 26.3 Å². The molecule has 0 saturated heterocycles. The van der Waals surface area contributed by atoms with Gasteiger partial charge in [-0.1, -0.05) is 20.8 Å². The second kappa shape index (κ2) is 9.70. The van der Waals surface area contributed by atoms with E-state index in [1.165, 1.54) is 0 Å². The SMILES string of the molecule is CCC(=O)N(CC)[Si](C)(N(CC)C(=O)CC)N(CC)C(=O)CC. The van der Waals surface area contributed by atoms with Crippen LogP contribution in [0.15, 0.2) is 0 Å². The molecule has 7 heteroatoms. The number of amides is 3. The third kappa shape index (κ3) is 4.34. The predicted molar refractivity (Wildman–Crippen MR) is 94.7 cm³/mol. The van der Waals surface area contributed by atoms with Crippen LogP contribution in [0.1, 0.15) is 60.8 Å². The summed E-state index contributed by atoms with van der Waals surface area (Å²) in [6, 6.07) is 0. The maximum Gasteiger partial charge on any atom is 0.383 e. The molecule has 23 heavy (non-hydrogen) atoms. The number of carbonyl (C=O) groups excluding carboxylic acids is 3. The van der Waals surface area contributed by atoms with E-state index in [-0.39, 0.29) is 17.7 Å². The molecular formula is C16H33N3O3Si. The van der Waals surface area contributed by atoms with Crippen molar-refractivity contribution in [2.75, 3.05) is 19.6 Å². The van der Waals surface area contributed by atoms with E-state index < -0.39 is 8.56 Å². The highest BCUT2D eigenvalue weighted by Gasteiger charge is 2.51. The Bertz CT molecular complexity index is 369. The predicted octanol–water partition coefficient (Wildman–Crippen LogP) is 2.33. The molecule has 0 saturated carbocycles. The van der Waals surface area contributed by atoms with Crippen LogP contribution in [-0.2, 0) is 14.4 Å². The molecule has 0 aromatic rings. The van der Waals surface area contributed by atoms with Gasteiger partial charge in [0.15, 0.2) is 0 Å². The summed E-state index contributed by atoms with van der Waals surface area (Å²) in [4.78, 5) is 37.6. The van der Waals surface area contributed by atoms with Crippen LogP contribution in [0.5, 0.6) is 0 Å². The molecule has 134 valence electrons. The topological polar surface area (TPSA) is 60.9 Å². The molecule has 3 amide bonds. The van der Waals surface area contributed by atoms with Crippen LogP contribution in [0.4, 0.5) is 0 Å². The highest BCUT2D eigenvalue weighted by atomic mass is 28.4. The largest absolute Gasteiger partial charge is 0.383 e. The fourth-order valence-electron chi connectivity index (χ4n) is 3.15. The molecule has 0 aliphatic carbocycles. The Morgan fingerprint density at radius 2 is 0.826 bits per heavy atom. The van der Waals surface area contributed by atoms with Crippen molar-refractivity contribution in [3.05, 3.63) is 0 Å². The Labute approximate surface area is 142 Å². The van der Waals surface area contributed by atoms with Gasteiger partial charge in [-0.2, -0.15) is 0 Å². The van der Waals surface area contributed by atoms with Crippen molar-refractivity contribution in [3.8, 4) is 0 Å². The maximum absolute atomic E-state index is 12.5. The van der Waals surface area contributed by atoms with Gasteiger partial charge in [0.1, 0.15) is 0 Å². The number of nitrogens with zero attached hydrogens (tertiary/aromatic N) is 3. The molecule has 0 spiro atoms. The molecule has 0 aromatic carbocycles. The van der Waals surface area contributed by atoms with Crippen molar-refractivity contribution in [2.24, 2.45) is 0 Å². The first-order chi connectivity index (χ1) is 10.8. The van der Waals surface area contributed by atoms with Gasteiger partial charge in [0.05, 0.1) is 0 Å². The normalized spacial score (nSPS) is 11.1. The van der Waals surface area contributed by atoms with E-state index in [2.05, 4.69) is 0 Å². The first kappa shape index (κ1) is 21.6. The summed E-state index contributed by atoms with van der Waals surface area (Å²) in [5, 5.41) is 0. The lowest BCUT2D eigenvalue weighted by Gasteiger charge is -2.51. The highest BCUT2D eigenvalue weighted by Crippen LogP contribution is 2.23. The smallest absolute Gasteiger partial charge is 0.335 e. The van der Waals surface area contributed by atoms with Crippen LogP contribution in [0.25, 0.3) is 0 Å². The van der Waals surface area contributed by atoms with Gasteiger partial charge in [0, 0.05) is 38.9 Å². The molecule has 0 aliphatic heterocycles. The molecular weight excluding hydrogens is 310 g/mol. The quantitative estimate of drug-likeness (QED) is 0.604. The minimum Gasteiger partial charge on any atom is -0.335 e. The zero-order chi connectivity index (χ0) is 18.2. The van der Waals surface area contributed by atoms with Gasteiger partial charge in [-0.15, -0.1) is 0 Å². The number of rotatable bonds is 9. The molecule has 0 radical (unpaired) electrons. The van der Waals surface area contributed by atoms with E-state index in [0.29, 0.717) is 38.9 Å². The van der Waals surface area contributed by atoms with Crippen molar-refractivity contribution in [2.45, 2.75) is 67.4 Å². The highest BCUT2D eigenvalue weighted by molar-refractivity contribution is 6.76. The second-order valence-electron chi connectivity index (χ2n) is 5.45. The Balaban J connectivity index is 6.27. The summed E-state index contributed by atoms with van der Waals surface area (Å²) < 4.78 is 5.34. The lowest BCUT2D eigenvalue weighted by atomic mass is 10.4. The number of hydrogen-bond donors (Lipinski definition) is 0. The standard InChI is InChI=1S/C16H33N3O3Si/c1-8-14(20)17(11-4)23(7,18(12-5)15(21)9-2)19(13-6)16(22)10-3/h8-13H2,1-7H3. The van der Waals surface area contributed by atoms with Gasteiger partial charge >= 0.3 is 8.56 Å². The lowest BCUT2D eigenvalue weighted by molar-refractivity contribution is -0.132. The van der Waals surface area contributed by atoms with Crippen molar-refractivity contribution < 1.29 is 14.4 Å². The fraction of sp³-hybridized carbons (Fsp3) is 0.812. The van der Waals surface area contributed by atoms with E-state index >= 15 is 0 Å². The Hall–Kier alpha value is -1.37. The van der Waals surface area contributed by atoms with Gasteiger partial charge in [-0.3, -0.25) is 14.4 Å². The summed E-state index contributed by atoms with van der Waals surface area (Å²) >= 11 is 0. The summed E-state index contributed by atoms with van der Waals surface area (Å²) in [5.41, 5.74) is 0. The lowest BCUT2D eigenvalue weighted by Crippen LogP contribution is -2.76. The minimum atomic E-state index is -2.94. The zero-order valence-corrected chi connectivity index (χ0v) is 16.8. The first-order valence-corrected chi connectivity index (χ1v) is 11.0. The van der Waals surface area contributed by atoms with Crippen LogP contribution in [-0.4, -0.2) is 59.6 Å². The first-order valence-electron chi connectivity index (χ1n) is 8.71. The molecule has 0 atom stereocenters. The van der Waals surface area contributed by atoms with Crippen LogP contribution in [0, 0.1) is 0 Å². The van der Waals surface area contributed by atoms with Crippen molar-refractivity contribution in [3.63, 3.8) is 0 Å². The summed E-state index contributed by atoms with van der Waals surface area (Å²) in [6.07, 6.45) is 1.10. The van der Waals surface area contributed by atoms with Gasteiger partial charge in [0.25, 0.3) is 0 Å². The average molecular weight is 344 g/mol. The van der Waals surface area contributed by atoms with Crippen LogP contribution in [0.2, 0.25) is 6.55 Å². The van der Waals surface area contributed by atoms with Gasteiger partial charge in [-0.05, 0) is 27.3 Å². The average Bonchev–Trinajstić information content (AvgIpc) is 2.55. The Kier molecular flexibility index (Phi) is 9.12. The van der Waals surface area contributed by atoms with Crippen molar-refractivity contribution in [1.82, 2.24) is 13.7 Å². The van der Waals surface area contributed by atoms with E-state index in [9.17, 15) is 14.4 Å². The van der Waals surface area contributed by atoms with Gasteiger partial charge in [-0.25, -0.2) is 0 Å². The summed E-state index contributed by atoms with van der Waals surface area (Å²) in [7, 11) is -2.94. The van der Waals surface area contributed by atoms with Crippen LogP contribution < -0.4 is 0 Å².